The number of nitrogens with one attached hydrogen (secondary N) is 1. The van der Waals surface area contributed by atoms with Gasteiger partial charge >= 0.3 is 5.97 Å². The maximum Gasteiger partial charge on any atom is 0.308 e. The number of hydrogen-bond donors (Lipinski definition) is 2. The summed E-state index contributed by atoms with van der Waals surface area (Å²) in [6.07, 6.45) is 0.580. The molecule has 0 aliphatic carbocycles. The minimum Gasteiger partial charge on any atom is -0.462 e. The maximum atomic E-state index is 13.8. The van der Waals surface area contributed by atoms with Gasteiger partial charge in [-0.05, 0) is 55.2 Å². The summed E-state index contributed by atoms with van der Waals surface area (Å²) >= 11 is 0. The number of cyclic esters (lactones) is 1. The van der Waals surface area contributed by atoms with Gasteiger partial charge in [-0.1, -0.05) is 26.0 Å². The number of ether oxygens (including phenoxy) is 1. The molecule has 1 saturated heterocycles. The first kappa shape index (κ1) is 22.3. The van der Waals surface area contributed by atoms with E-state index in [1.165, 1.54) is 12.1 Å². The molecule has 2 atom stereocenters. The van der Waals surface area contributed by atoms with Crippen molar-refractivity contribution in [1.82, 2.24) is 19.7 Å². The largest absolute Gasteiger partial charge is 0.462 e. The number of hydrogen-bond acceptors (Lipinski definition) is 5. The highest BCUT2D eigenvalue weighted by molar-refractivity contribution is 5.77. The van der Waals surface area contributed by atoms with E-state index in [4.69, 9.17) is 14.8 Å². The van der Waals surface area contributed by atoms with Gasteiger partial charge in [0.2, 0.25) is 5.95 Å². The third-order valence-corrected chi connectivity index (χ3v) is 6.21. The van der Waals surface area contributed by atoms with Crippen molar-refractivity contribution in [3.05, 3.63) is 65.6 Å². The number of aliphatic hydroxyl groups excluding tert-OH is 1. The molecule has 0 amide bonds. The van der Waals surface area contributed by atoms with E-state index in [-0.39, 0.29) is 30.2 Å². The summed E-state index contributed by atoms with van der Waals surface area (Å²) in [7, 11) is 0. The fourth-order valence-electron chi connectivity index (χ4n) is 4.62. The van der Waals surface area contributed by atoms with Gasteiger partial charge in [0.15, 0.2) is 0 Å². The number of para-hydroxylation sites is 2. The van der Waals surface area contributed by atoms with Crippen LogP contribution in [-0.4, -0.2) is 43.0 Å². The van der Waals surface area contributed by atoms with Crippen molar-refractivity contribution < 1.29 is 19.0 Å². The van der Waals surface area contributed by atoms with Crippen LogP contribution in [0.5, 0.6) is 0 Å². The number of esters is 1. The van der Waals surface area contributed by atoms with Crippen LogP contribution in [0, 0.1) is 5.82 Å². The Balaban J connectivity index is 1.61. The van der Waals surface area contributed by atoms with E-state index < -0.39 is 6.10 Å². The van der Waals surface area contributed by atoms with Gasteiger partial charge in [0.25, 0.3) is 0 Å². The third-order valence-electron chi connectivity index (χ3n) is 6.21. The van der Waals surface area contributed by atoms with Crippen molar-refractivity contribution >= 4 is 17.0 Å². The van der Waals surface area contributed by atoms with Gasteiger partial charge in [0, 0.05) is 17.5 Å². The number of aliphatic hydroxyl groups is 1. The molecule has 7 nitrogen and oxygen atoms in total. The molecule has 2 unspecified atom stereocenters. The molecule has 4 aromatic rings. The Morgan fingerprint density at radius 3 is 2.68 bits per heavy atom. The number of imidazole rings is 1. The molecule has 0 spiro atoms. The van der Waals surface area contributed by atoms with Crippen molar-refractivity contribution in [2.75, 3.05) is 0 Å². The summed E-state index contributed by atoms with van der Waals surface area (Å²) in [6.45, 7) is 4.15. The van der Waals surface area contributed by atoms with E-state index in [1.807, 2.05) is 24.3 Å². The molecule has 0 saturated carbocycles. The number of halogens is 1. The number of aromatic amines is 1. The molecule has 8 heteroatoms. The Labute approximate surface area is 196 Å². The predicted octanol–water partition coefficient (Wildman–Crippen LogP) is 4.68. The third kappa shape index (κ3) is 4.33. The number of carbonyl (C=O) groups excluding carboxylic acids is 1. The smallest absolute Gasteiger partial charge is 0.308 e. The molecule has 1 aliphatic rings. The first-order valence-corrected chi connectivity index (χ1v) is 11.6. The fourth-order valence-corrected chi connectivity index (χ4v) is 4.62. The zero-order valence-corrected chi connectivity index (χ0v) is 19.2. The lowest BCUT2D eigenvalue weighted by Crippen LogP contribution is -2.32. The van der Waals surface area contributed by atoms with Crippen LogP contribution < -0.4 is 0 Å². The number of H-pyrrole nitrogens is 1. The van der Waals surface area contributed by atoms with Gasteiger partial charge in [-0.3, -0.25) is 4.79 Å². The predicted molar refractivity (Wildman–Crippen MR) is 126 cm³/mol. The average Bonchev–Trinajstić information content (AvgIpc) is 3.39. The van der Waals surface area contributed by atoms with Gasteiger partial charge < -0.3 is 14.8 Å². The molecule has 176 valence electrons. The lowest BCUT2D eigenvalue weighted by molar-refractivity contribution is -0.160. The molecule has 2 aromatic heterocycles. The van der Waals surface area contributed by atoms with Crippen LogP contribution in [0.3, 0.4) is 0 Å². The highest BCUT2D eigenvalue weighted by Gasteiger charge is 2.29. The van der Waals surface area contributed by atoms with E-state index >= 15 is 0 Å². The summed E-state index contributed by atoms with van der Waals surface area (Å²) in [5.41, 5.74) is 5.27. The Bertz CT molecular complexity index is 1290. The number of carbonyl (C=O) groups is 1. The molecule has 5 rings (SSSR count). The highest BCUT2D eigenvalue weighted by atomic mass is 19.1. The van der Waals surface area contributed by atoms with E-state index in [0.717, 1.165) is 33.5 Å². The number of benzene rings is 2. The lowest BCUT2D eigenvalue weighted by atomic mass is 9.93. The second-order valence-corrected chi connectivity index (χ2v) is 9.11. The first-order chi connectivity index (χ1) is 16.4. The zero-order chi connectivity index (χ0) is 23.8. The first-order valence-electron chi connectivity index (χ1n) is 11.6. The van der Waals surface area contributed by atoms with E-state index in [9.17, 15) is 14.3 Å². The summed E-state index contributed by atoms with van der Waals surface area (Å²) in [6, 6.07) is 14.1. The van der Waals surface area contributed by atoms with Crippen molar-refractivity contribution in [3.63, 3.8) is 0 Å². The summed E-state index contributed by atoms with van der Waals surface area (Å²) < 4.78 is 21.0. The molecular weight excluding hydrogens is 435 g/mol. The molecule has 34 heavy (non-hydrogen) atoms. The maximum absolute atomic E-state index is 13.8. The number of nitrogens with zero attached hydrogens (tertiary/aromatic N) is 3. The van der Waals surface area contributed by atoms with Gasteiger partial charge in [-0.15, -0.1) is 0 Å². The van der Waals surface area contributed by atoms with E-state index in [2.05, 4.69) is 18.8 Å². The number of rotatable bonds is 6. The lowest BCUT2D eigenvalue weighted by Gasteiger charge is -2.26. The minimum absolute atomic E-state index is 0.0402. The van der Waals surface area contributed by atoms with Crippen LogP contribution in [0.2, 0.25) is 0 Å². The summed E-state index contributed by atoms with van der Waals surface area (Å²) in [5, 5.41) is 14.9. The van der Waals surface area contributed by atoms with Crippen LogP contribution in [-0.2, 0) is 16.0 Å². The summed E-state index contributed by atoms with van der Waals surface area (Å²) in [5.74, 6) is 0.0179. The van der Waals surface area contributed by atoms with Crippen LogP contribution in [0.4, 0.5) is 4.39 Å². The molecule has 2 N–H and O–H groups in total. The van der Waals surface area contributed by atoms with Crippen molar-refractivity contribution in [3.8, 4) is 17.2 Å². The van der Waals surface area contributed by atoms with Gasteiger partial charge in [-0.25, -0.2) is 9.37 Å². The van der Waals surface area contributed by atoms with E-state index in [1.54, 1.807) is 16.8 Å². The molecule has 1 fully saturated rings. The molecule has 3 heterocycles. The number of aromatic nitrogens is 4. The standard InChI is InChI=1S/C26H27FN4O3/c1-15(2)24-20(12-11-19-13-18(32)14-23(33)34-19)25(16-7-9-17(27)10-8-16)31(30-24)26-28-21-5-3-4-6-22(21)29-26/h3-10,15,18-19,32H,11-14H2,1-2H3,(H,28,29). The van der Waals surface area contributed by atoms with Crippen LogP contribution >= 0.6 is 0 Å². The molecule has 1 aliphatic heterocycles. The normalized spacial score (nSPS) is 18.6. The second-order valence-electron chi connectivity index (χ2n) is 9.11. The molecular formula is C26H27FN4O3. The minimum atomic E-state index is -0.675. The Kier molecular flexibility index (Phi) is 5.91. The quantitative estimate of drug-likeness (QED) is 0.406. The Hall–Kier alpha value is -3.52. The van der Waals surface area contributed by atoms with Crippen LogP contribution in [0.1, 0.15) is 50.3 Å². The van der Waals surface area contributed by atoms with Gasteiger partial charge in [0.05, 0.1) is 34.9 Å². The SMILES string of the molecule is CC(C)c1nn(-c2nc3ccccc3[nH]2)c(-c2ccc(F)cc2)c1CCC1CC(O)CC(=O)O1. The average molecular weight is 463 g/mol. The van der Waals surface area contributed by atoms with Crippen molar-refractivity contribution in [2.45, 2.75) is 57.7 Å². The van der Waals surface area contributed by atoms with Crippen molar-refractivity contribution in [1.29, 1.82) is 0 Å². The van der Waals surface area contributed by atoms with Crippen LogP contribution in [0.15, 0.2) is 48.5 Å². The Morgan fingerprint density at radius 2 is 1.97 bits per heavy atom. The molecule has 0 radical (unpaired) electrons. The zero-order valence-electron chi connectivity index (χ0n) is 19.2. The monoisotopic (exact) mass is 462 g/mol. The molecule has 2 aromatic carbocycles. The van der Waals surface area contributed by atoms with E-state index in [0.29, 0.717) is 25.2 Å². The van der Waals surface area contributed by atoms with Gasteiger partial charge in [-0.2, -0.15) is 9.78 Å². The number of fused-ring (bicyclic) bond motifs is 1. The van der Waals surface area contributed by atoms with Crippen molar-refractivity contribution in [2.24, 2.45) is 0 Å². The topological polar surface area (TPSA) is 93.0 Å². The van der Waals surface area contributed by atoms with Crippen LogP contribution in [0.25, 0.3) is 28.2 Å². The fraction of sp³-hybridized carbons (Fsp3) is 0.346. The molecule has 0 bridgehead atoms. The second kappa shape index (κ2) is 9.02. The highest BCUT2D eigenvalue weighted by Crippen LogP contribution is 2.34. The Morgan fingerprint density at radius 1 is 1.21 bits per heavy atom. The summed E-state index contributed by atoms with van der Waals surface area (Å²) in [4.78, 5) is 19.9. The van der Waals surface area contributed by atoms with Gasteiger partial charge in [0.1, 0.15) is 11.9 Å².